The van der Waals surface area contributed by atoms with Gasteiger partial charge in [-0.1, -0.05) is 31.4 Å². The summed E-state index contributed by atoms with van der Waals surface area (Å²) < 4.78 is 13.9. The standard InChI is InChI=1S/C20H17FN2/c21-18-11-15(4-5-16(18)12-22)14-6-7-19-17(10-14)20(13-23-19)8-2-1-3-9-20/h4-7,10-11,13H,1-3,8-9H2. The number of nitrogens with zero attached hydrogens (tertiary/aromatic N) is 2. The first kappa shape index (κ1) is 14.1. The van der Waals surface area contributed by atoms with Crippen molar-refractivity contribution in [2.75, 3.05) is 0 Å². The Morgan fingerprint density at radius 2 is 1.74 bits per heavy atom. The zero-order chi connectivity index (χ0) is 15.9. The number of rotatable bonds is 1. The van der Waals surface area contributed by atoms with Crippen molar-refractivity contribution in [3.05, 3.63) is 53.3 Å². The van der Waals surface area contributed by atoms with E-state index in [9.17, 15) is 4.39 Å². The van der Waals surface area contributed by atoms with E-state index in [-0.39, 0.29) is 11.0 Å². The predicted molar refractivity (Wildman–Crippen MR) is 89.5 cm³/mol. The van der Waals surface area contributed by atoms with Crippen molar-refractivity contribution in [1.82, 2.24) is 0 Å². The minimum absolute atomic E-state index is 0.0781. The Bertz CT molecular complexity index is 839. The Hall–Kier alpha value is -2.47. The number of nitriles is 1. The lowest BCUT2D eigenvalue weighted by Gasteiger charge is -2.32. The average Bonchev–Trinajstić information content (AvgIpc) is 2.93. The van der Waals surface area contributed by atoms with Crippen LogP contribution in [0.5, 0.6) is 0 Å². The highest BCUT2D eigenvalue weighted by molar-refractivity contribution is 5.87. The molecule has 1 spiro atoms. The summed E-state index contributed by atoms with van der Waals surface area (Å²) in [5.41, 5.74) is 4.28. The Morgan fingerprint density at radius 3 is 2.48 bits per heavy atom. The smallest absolute Gasteiger partial charge is 0.141 e. The second kappa shape index (κ2) is 5.31. The van der Waals surface area contributed by atoms with Gasteiger partial charge in [-0.3, -0.25) is 4.99 Å². The molecule has 114 valence electrons. The maximum Gasteiger partial charge on any atom is 0.141 e. The minimum atomic E-state index is -0.464. The van der Waals surface area contributed by atoms with Gasteiger partial charge in [-0.05, 0) is 53.8 Å². The third-order valence-corrected chi connectivity index (χ3v) is 5.15. The first-order chi connectivity index (χ1) is 11.2. The number of hydrogen-bond acceptors (Lipinski definition) is 2. The highest BCUT2D eigenvalue weighted by Crippen LogP contribution is 2.47. The summed E-state index contributed by atoms with van der Waals surface area (Å²) in [6.45, 7) is 0. The predicted octanol–water partition coefficient (Wildman–Crippen LogP) is 5.28. The van der Waals surface area contributed by atoms with Gasteiger partial charge in [0.25, 0.3) is 0 Å². The third-order valence-electron chi connectivity index (χ3n) is 5.15. The second-order valence-electron chi connectivity index (χ2n) is 6.51. The molecule has 1 heterocycles. The van der Waals surface area contributed by atoms with E-state index in [1.54, 1.807) is 6.07 Å². The summed E-state index contributed by atoms with van der Waals surface area (Å²) in [4.78, 5) is 4.61. The molecule has 0 saturated heterocycles. The summed E-state index contributed by atoms with van der Waals surface area (Å²) in [7, 11) is 0. The van der Waals surface area contributed by atoms with E-state index < -0.39 is 5.82 Å². The van der Waals surface area contributed by atoms with Gasteiger partial charge >= 0.3 is 0 Å². The van der Waals surface area contributed by atoms with Gasteiger partial charge in [-0.15, -0.1) is 0 Å². The maximum atomic E-state index is 13.9. The van der Waals surface area contributed by atoms with Crippen molar-refractivity contribution >= 4 is 11.9 Å². The van der Waals surface area contributed by atoms with Crippen LogP contribution >= 0.6 is 0 Å². The monoisotopic (exact) mass is 304 g/mol. The maximum absolute atomic E-state index is 13.9. The number of benzene rings is 2. The number of hydrogen-bond donors (Lipinski definition) is 0. The first-order valence-electron chi connectivity index (χ1n) is 8.12. The van der Waals surface area contributed by atoms with E-state index >= 15 is 0 Å². The average molecular weight is 304 g/mol. The molecule has 1 saturated carbocycles. The van der Waals surface area contributed by atoms with Crippen molar-refractivity contribution < 1.29 is 4.39 Å². The largest absolute Gasteiger partial charge is 0.260 e. The molecule has 0 aromatic heterocycles. The quantitative estimate of drug-likeness (QED) is 0.706. The fraction of sp³-hybridized carbons (Fsp3) is 0.300. The van der Waals surface area contributed by atoms with Crippen LogP contribution in [0.1, 0.15) is 43.2 Å². The summed E-state index contributed by atoms with van der Waals surface area (Å²) >= 11 is 0. The zero-order valence-electron chi connectivity index (χ0n) is 12.8. The molecule has 1 aliphatic carbocycles. The normalized spacial score (nSPS) is 17.9. The topological polar surface area (TPSA) is 36.1 Å². The first-order valence-corrected chi connectivity index (χ1v) is 8.12. The van der Waals surface area contributed by atoms with Crippen LogP contribution in [0.2, 0.25) is 0 Å². The van der Waals surface area contributed by atoms with Gasteiger partial charge in [-0.25, -0.2) is 4.39 Å². The molecule has 1 fully saturated rings. The van der Waals surface area contributed by atoms with E-state index in [2.05, 4.69) is 17.3 Å². The summed E-state index contributed by atoms with van der Waals surface area (Å²) in [5, 5.41) is 8.87. The third kappa shape index (κ3) is 2.26. The van der Waals surface area contributed by atoms with Crippen molar-refractivity contribution in [2.45, 2.75) is 37.5 Å². The van der Waals surface area contributed by atoms with Crippen LogP contribution in [0.4, 0.5) is 10.1 Å². The van der Waals surface area contributed by atoms with Crippen molar-refractivity contribution in [3.8, 4) is 17.2 Å². The highest BCUT2D eigenvalue weighted by Gasteiger charge is 2.37. The molecular formula is C20H17FN2. The zero-order valence-corrected chi connectivity index (χ0v) is 12.8. The molecule has 3 heteroatoms. The van der Waals surface area contributed by atoms with Gasteiger partial charge in [0.05, 0.1) is 11.3 Å². The molecule has 2 aromatic rings. The molecule has 0 radical (unpaired) electrons. The molecule has 0 bridgehead atoms. The molecule has 4 rings (SSSR count). The van der Waals surface area contributed by atoms with Crippen LogP contribution in [0.3, 0.4) is 0 Å². The summed E-state index contributed by atoms with van der Waals surface area (Å²) in [6.07, 6.45) is 8.19. The lowest BCUT2D eigenvalue weighted by molar-refractivity contribution is 0.391. The van der Waals surface area contributed by atoms with Crippen LogP contribution in [0.15, 0.2) is 41.4 Å². The Kier molecular flexibility index (Phi) is 3.27. The summed E-state index contributed by atoms with van der Waals surface area (Å²) in [5.74, 6) is -0.464. The van der Waals surface area contributed by atoms with Crippen molar-refractivity contribution in [1.29, 1.82) is 5.26 Å². The van der Waals surface area contributed by atoms with Gasteiger partial charge < -0.3 is 0 Å². The number of fused-ring (bicyclic) bond motifs is 2. The molecule has 2 nitrogen and oxygen atoms in total. The van der Waals surface area contributed by atoms with Gasteiger partial charge in [0.15, 0.2) is 0 Å². The molecule has 2 aromatic carbocycles. The van der Waals surface area contributed by atoms with Gasteiger partial charge in [0, 0.05) is 11.6 Å². The Labute approximate surface area is 135 Å². The summed E-state index contributed by atoms with van der Waals surface area (Å²) in [6, 6.07) is 12.8. The van der Waals surface area contributed by atoms with E-state index in [0.717, 1.165) is 29.7 Å². The van der Waals surface area contributed by atoms with Crippen molar-refractivity contribution in [2.24, 2.45) is 4.99 Å². The van der Waals surface area contributed by atoms with Gasteiger partial charge in [0.2, 0.25) is 0 Å². The second-order valence-corrected chi connectivity index (χ2v) is 6.51. The fourth-order valence-electron chi connectivity index (χ4n) is 3.86. The van der Waals surface area contributed by atoms with Crippen LogP contribution < -0.4 is 0 Å². The van der Waals surface area contributed by atoms with E-state index in [4.69, 9.17) is 5.26 Å². The lowest BCUT2D eigenvalue weighted by atomic mass is 9.70. The van der Waals surface area contributed by atoms with E-state index in [1.165, 1.54) is 30.9 Å². The molecule has 2 aliphatic rings. The van der Waals surface area contributed by atoms with Gasteiger partial charge in [-0.2, -0.15) is 5.26 Å². The van der Waals surface area contributed by atoms with Crippen LogP contribution in [0, 0.1) is 17.1 Å². The van der Waals surface area contributed by atoms with Gasteiger partial charge in [0.1, 0.15) is 11.9 Å². The lowest BCUT2D eigenvalue weighted by Crippen LogP contribution is -2.28. The van der Waals surface area contributed by atoms with E-state index in [0.29, 0.717) is 0 Å². The molecule has 23 heavy (non-hydrogen) atoms. The van der Waals surface area contributed by atoms with Crippen LogP contribution in [-0.2, 0) is 5.41 Å². The van der Waals surface area contributed by atoms with Crippen LogP contribution in [0.25, 0.3) is 11.1 Å². The minimum Gasteiger partial charge on any atom is -0.260 e. The molecule has 0 atom stereocenters. The SMILES string of the molecule is N#Cc1ccc(-c2ccc3c(c2)C2(C=N3)CCCCC2)cc1F. The molecule has 0 unspecified atom stereocenters. The Balaban J connectivity index is 1.77. The van der Waals surface area contributed by atoms with Crippen LogP contribution in [-0.4, -0.2) is 6.21 Å². The molecular weight excluding hydrogens is 287 g/mol. The Morgan fingerprint density at radius 1 is 1.00 bits per heavy atom. The number of halogens is 1. The highest BCUT2D eigenvalue weighted by atomic mass is 19.1. The van der Waals surface area contributed by atoms with E-state index in [1.807, 2.05) is 24.3 Å². The number of aliphatic imine (C=N–C) groups is 1. The molecule has 1 aliphatic heterocycles. The molecule has 0 N–H and O–H groups in total. The fourth-order valence-corrected chi connectivity index (χ4v) is 3.86. The molecule has 0 amide bonds. The van der Waals surface area contributed by atoms with Crippen molar-refractivity contribution in [3.63, 3.8) is 0 Å².